The number of aromatic nitrogens is 3. The van der Waals surface area contributed by atoms with Gasteiger partial charge in [-0.1, -0.05) is 11.8 Å². The standard InChI is InChI=1S/C18H18F4N6O2S/c1-17(5-11(6-19)31-16(23)28-17)13-4-10(2-3-24-13)27-15(29)12-7-26-14(8-25-12)30-9-18(20,21)22/h2-4,7-8,11H,5-6,9H2,1H3,(H2,23,28)(H,24,27,29)/t11-,17-/m0/s1. The Labute approximate surface area is 178 Å². The molecule has 3 heterocycles. The molecule has 2 aromatic rings. The van der Waals surface area contributed by atoms with E-state index in [-0.39, 0.29) is 22.0 Å². The zero-order valence-electron chi connectivity index (χ0n) is 16.2. The van der Waals surface area contributed by atoms with Gasteiger partial charge in [0, 0.05) is 17.1 Å². The number of aliphatic imine (C=N–C) groups is 1. The number of amidine groups is 1. The van der Waals surface area contributed by atoms with Crippen molar-refractivity contribution in [1.82, 2.24) is 15.0 Å². The number of ether oxygens (including phenoxy) is 1. The minimum Gasteiger partial charge on any atom is -0.467 e. The van der Waals surface area contributed by atoms with Crippen LogP contribution in [0.1, 0.15) is 29.5 Å². The van der Waals surface area contributed by atoms with Gasteiger partial charge in [-0.15, -0.1) is 0 Å². The molecule has 0 saturated carbocycles. The molecular weight excluding hydrogens is 440 g/mol. The number of rotatable bonds is 6. The third kappa shape index (κ3) is 6.03. The molecule has 2 aromatic heterocycles. The molecule has 3 rings (SSSR count). The number of nitrogens with zero attached hydrogens (tertiary/aromatic N) is 4. The number of pyridine rings is 1. The average Bonchev–Trinajstić information content (AvgIpc) is 2.71. The number of carbonyl (C=O) groups is 1. The van der Waals surface area contributed by atoms with Crippen LogP contribution in [-0.2, 0) is 5.54 Å². The Morgan fingerprint density at radius 2 is 2.13 bits per heavy atom. The summed E-state index contributed by atoms with van der Waals surface area (Å²) in [7, 11) is 0. The Kier molecular flexibility index (Phi) is 6.62. The van der Waals surface area contributed by atoms with Gasteiger partial charge in [-0.05, 0) is 25.5 Å². The number of thioether (sulfide) groups is 1. The number of anilines is 1. The van der Waals surface area contributed by atoms with Crippen LogP contribution < -0.4 is 15.8 Å². The maximum atomic E-state index is 13.2. The molecule has 166 valence electrons. The minimum atomic E-state index is -4.51. The number of amides is 1. The van der Waals surface area contributed by atoms with Crippen molar-refractivity contribution in [1.29, 1.82) is 0 Å². The maximum absolute atomic E-state index is 13.2. The Balaban J connectivity index is 1.71. The summed E-state index contributed by atoms with van der Waals surface area (Å²) in [6.45, 7) is -0.296. The van der Waals surface area contributed by atoms with Gasteiger partial charge in [0.25, 0.3) is 5.91 Å². The number of carbonyl (C=O) groups excluding carboxylic acids is 1. The van der Waals surface area contributed by atoms with Crippen molar-refractivity contribution in [2.24, 2.45) is 10.7 Å². The van der Waals surface area contributed by atoms with Gasteiger partial charge < -0.3 is 15.8 Å². The lowest BCUT2D eigenvalue weighted by Gasteiger charge is -2.32. The van der Waals surface area contributed by atoms with Gasteiger partial charge in [0.2, 0.25) is 5.88 Å². The number of alkyl halides is 4. The zero-order chi connectivity index (χ0) is 22.6. The van der Waals surface area contributed by atoms with Crippen LogP contribution in [0.25, 0.3) is 0 Å². The molecule has 1 amide bonds. The van der Waals surface area contributed by atoms with E-state index in [9.17, 15) is 22.4 Å². The fourth-order valence-electron chi connectivity index (χ4n) is 2.88. The van der Waals surface area contributed by atoms with Crippen LogP contribution >= 0.6 is 11.8 Å². The summed E-state index contributed by atoms with van der Waals surface area (Å²) in [6, 6.07) is 3.13. The topological polar surface area (TPSA) is 115 Å². The van der Waals surface area contributed by atoms with Crippen molar-refractivity contribution >= 4 is 28.5 Å². The van der Waals surface area contributed by atoms with Gasteiger partial charge in [-0.3, -0.25) is 9.78 Å². The van der Waals surface area contributed by atoms with Gasteiger partial charge in [-0.25, -0.2) is 19.4 Å². The minimum absolute atomic E-state index is 0.127. The van der Waals surface area contributed by atoms with Crippen LogP contribution in [0.4, 0.5) is 23.2 Å². The third-order valence-electron chi connectivity index (χ3n) is 4.26. The molecule has 0 unspecified atom stereocenters. The normalized spacial score (nSPS) is 21.3. The number of hydrogen-bond acceptors (Lipinski definition) is 8. The van der Waals surface area contributed by atoms with Gasteiger partial charge in [0.1, 0.15) is 17.9 Å². The summed E-state index contributed by atoms with van der Waals surface area (Å²) >= 11 is 1.17. The summed E-state index contributed by atoms with van der Waals surface area (Å²) in [6.07, 6.45) is -0.741. The highest BCUT2D eigenvalue weighted by Crippen LogP contribution is 2.38. The first kappa shape index (κ1) is 22.7. The van der Waals surface area contributed by atoms with E-state index >= 15 is 0 Å². The van der Waals surface area contributed by atoms with E-state index in [2.05, 4.69) is 30.0 Å². The zero-order valence-corrected chi connectivity index (χ0v) is 17.0. The smallest absolute Gasteiger partial charge is 0.422 e. The van der Waals surface area contributed by atoms with Gasteiger partial charge in [0.15, 0.2) is 11.8 Å². The predicted octanol–water partition coefficient (Wildman–Crippen LogP) is 3.07. The van der Waals surface area contributed by atoms with E-state index in [0.29, 0.717) is 17.8 Å². The molecule has 0 spiro atoms. The fraction of sp³-hybridized carbons (Fsp3) is 0.389. The lowest BCUT2D eigenvalue weighted by Crippen LogP contribution is -2.35. The quantitative estimate of drug-likeness (QED) is 0.639. The van der Waals surface area contributed by atoms with Crippen molar-refractivity contribution in [3.8, 4) is 5.88 Å². The molecule has 1 aliphatic heterocycles. The Bertz CT molecular complexity index is 972. The van der Waals surface area contributed by atoms with Crippen LogP contribution in [0, 0.1) is 0 Å². The highest BCUT2D eigenvalue weighted by molar-refractivity contribution is 8.14. The number of halogens is 4. The SMILES string of the molecule is C[C@@]1(c2cc(NC(=O)c3cnc(OCC(F)(F)F)cn3)ccn2)C[C@@H](CF)SC(N)=N1. The molecular formula is C18H18F4N6O2S. The summed E-state index contributed by atoms with van der Waals surface area (Å²) in [5.74, 6) is -0.998. The van der Waals surface area contributed by atoms with Crippen LogP contribution in [0.3, 0.4) is 0 Å². The van der Waals surface area contributed by atoms with E-state index in [1.807, 2.05) is 0 Å². The lowest BCUT2D eigenvalue weighted by atomic mass is 9.91. The predicted molar refractivity (Wildman–Crippen MR) is 107 cm³/mol. The summed E-state index contributed by atoms with van der Waals surface area (Å²) in [4.78, 5) is 28.5. The summed E-state index contributed by atoms with van der Waals surface area (Å²) < 4.78 is 54.2. The molecule has 3 N–H and O–H groups in total. The second-order valence-electron chi connectivity index (χ2n) is 6.85. The van der Waals surface area contributed by atoms with E-state index in [1.165, 1.54) is 24.0 Å². The highest BCUT2D eigenvalue weighted by Gasteiger charge is 2.36. The van der Waals surface area contributed by atoms with Crippen molar-refractivity contribution < 1.29 is 27.1 Å². The van der Waals surface area contributed by atoms with E-state index in [0.717, 1.165) is 12.4 Å². The van der Waals surface area contributed by atoms with Gasteiger partial charge >= 0.3 is 6.18 Å². The van der Waals surface area contributed by atoms with Gasteiger partial charge in [-0.2, -0.15) is 13.2 Å². The van der Waals surface area contributed by atoms with Crippen LogP contribution in [0.15, 0.2) is 35.7 Å². The van der Waals surface area contributed by atoms with Crippen molar-refractivity contribution in [3.05, 3.63) is 42.1 Å². The Hall–Kier alpha value is -2.96. The first-order valence-electron chi connectivity index (χ1n) is 8.95. The molecule has 31 heavy (non-hydrogen) atoms. The van der Waals surface area contributed by atoms with Crippen molar-refractivity contribution in [2.45, 2.75) is 30.3 Å². The molecule has 1 aliphatic rings. The van der Waals surface area contributed by atoms with Crippen molar-refractivity contribution in [3.63, 3.8) is 0 Å². The third-order valence-corrected chi connectivity index (χ3v) is 5.21. The number of nitrogens with two attached hydrogens (primary N) is 1. The fourth-order valence-corrected chi connectivity index (χ4v) is 3.95. The van der Waals surface area contributed by atoms with Gasteiger partial charge in [0.05, 0.1) is 18.1 Å². The highest BCUT2D eigenvalue weighted by atomic mass is 32.2. The molecule has 8 nitrogen and oxygen atoms in total. The Morgan fingerprint density at radius 3 is 2.77 bits per heavy atom. The molecule has 0 bridgehead atoms. The second-order valence-corrected chi connectivity index (χ2v) is 8.17. The van der Waals surface area contributed by atoms with Crippen molar-refractivity contribution in [2.75, 3.05) is 18.6 Å². The average molecular weight is 458 g/mol. The first-order chi connectivity index (χ1) is 14.6. The largest absolute Gasteiger partial charge is 0.467 e. The molecule has 0 saturated heterocycles. The first-order valence-corrected chi connectivity index (χ1v) is 9.83. The van der Waals surface area contributed by atoms with Crippen LogP contribution in [0.5, 0.6) is 5.88 Å². The van der Waals surface area contributed by atoms with Crippen LogP contribution in [-0.4, -0.2) is 50.7 Å². The van der Waals surface area contributed by atoms with E-state index in [1.54, 1.807) is 13.0 Å². The summed E-state index contributed by atoms with van der Waals surface area (Å²) in [5.41, 5.74) is 5.71. The van der Waals surface area contributed by atoms with E-state index < -0.39 is 30.9 Å². The molecule has 13 heteroatoms. The molecule has 2 atom stereocenters. The molecule has 0 aromatic carbocycles. The molecule has 0 fully saturated rings. The lowest BCUT2D eigenvalue weighted by molar-refractivity contribution is -0.154. The second kappa shape index (κ2) is 9.04. The van der Waals surface area contributed by atoms with E-state index in [4.69, 9.17) is 5.73 Å². The number of nitrogens with one attached hydrogen (secondary N) is 1. The molecule has 0 radical (unpaired) electrons. The molecule has 0 aliphatic carbocycles. The maximum Gasteiger partial charge on any atom is 0.422 e. The summed E-state index contributed by atoms with van der Waals surface area (Å²) in [5, 5.41) is 2.51. The monoisotopic (exact) mass is 458 g/mol. The Morgan fingerprint density at radius 1 is 1.35 bits per heavy atom. The van der Waals surface area contributed by atoms with Crippen LogP contribution in [0.2, 0.25) is 0 Å². The number of hydrogen-bond donors (Lipinski definition) is 2.